The van der Waals surface area contributed by atoms with Crippen molar-refractivity contribution in [2.24, 2.45) is 0 Å². The second kappa shape index (κ2) is 5.06. The standard InChI is InChI=1S/C13H8ClF2N3O3/c1-6(20)19-12-5-17-9(4-18-12)7-2-10-11(3-8(7)14)22-13(15,16)21-10/h2-5H,1H3,(H,18,19,20). The van der Waals surface area contributed by atoms with Crippen LogP contribution in [-0.4, -0.2) is 22.2 Å². The molecule has 0 spiro atoms. The predicted octanol–water partition coefficient (Wildman–Crippen LogP) is 3.08. The summed E-state index contributed by atoms with van der Waals surface area (Å²) in [7, 11) is 0. The van der Waals surface area contributed by atoms with E-state index in [9.17, 15) is 13.6 Å². The Bertz CT molecular complexity index is 753. The van der Waals surface area contributed by atoms with Gasteiger partial charge in [-0.25, -0.2) is 4.98 Å². The molecule has 22 heavy (non-hydrogen) atoms. The average molecular weight is 328 g/mol. The van der Waals surface area contributed by atoms with E-state index in [0.717, 1.165) is 0 Å². The molecule has 0 fully saturated rings. The van der Waals surface area contributed by atoms with Crippen molar-refractivity contribution >= 4 is 23.3 Å². The molecule has 2 heterocycles. The Kier molecular flexibility index (Phi) is 3.32. The number of fused-ring (bicyclic) bond motifs is 1. The quantitative estimate of drug-likeness (QED) is 0.917. The highest BCUT2D eigenvalue weighted by Gasteiger charge is 2.43. The number of halogens is 3. The van der Waals surface area contributed by atoms with Crippen molar-refractivity contribution in [2.75, 3.05) is 5.32 Å². The first-order valence-electron chi connectivity index (χ1n) is 6.03. The first-order chi connectivity index (χ1) is 10.3. The van der Waals surface area contributed by atoms with Crippen LogP contribution in [0.15, 0.2) is 24.5 Å². The number of ether oxygens (including phenoxy) is 2. The van der Waals surface area contributed by atoms with E-state index in [1.54, 1.807) is 0 Å². The van der Waals surface area contributed by atoms with E-state index in [4.69, 9.17) is 11.6 Å². The van der Waals surface area contributed by atoms with Gasteiger partial charge in [0.25, 0.3) is 0 Å². The van der Waals surface area contributed by atoms with Gasteiger partial charge in [-0.1, -0.05) is 11.6 Å². The van der Waals surface area contributed by atoms with Gasteiger partial charge < -0.3 is 14.8 Å². The number of nitrogens with one attached hydrogen (secondary N) is 1. The molecule has 114 valence electrons. The molecule has 0 radical (unpaired) electrons. The van der Waals surface area contributed by atoms with Gasteiger partial charge in [0.05, 0.1) is 23.1 Å². The maximum absolute atomic E-state index is 13.0. The molecule has 0 bridgehead atoms. The number of amides is 1. The first kappa shape index (κ1) is 14.5. The molecule has 1 aliphatic rings. The van der Waals surface area contributed by atoms with E-state index >= 15 is 0 Å². The fourth-order valence-corrected chi connectivity index (χ4v) is 2.13. The third kappa shape index (κ3) is 2.77. The van der Waals surface area contributed by atoms with Crippen molar-refractivity contribution in [1.82, 2.24) is 9.97 Å². The zero-order valence-corrected chi connectivity index (χ0v) is 11.8. The fourth-order valence-electron chi connectivity index (χ4n) is 1.88. The number of rotatable bonds is 2. The molecule has 0 atom stereocenters. The Balaban J connectivity index is 1.94. The zero-order chi connectivity index (χ0) is 15.9. The smallest absolute Gasteiger partial charge is 0.395 e. The summed E-state index contributed by atoms with van der Waals surface area (Å²) < 4.78 is 34.7. The van der Waals surface area contributed by atoms with E-state index in [1.165, 1.54) is 31.5 Å². The number of carbonyl (C=O) groups excluding carboxylic acids is 1. The van der Waals surface area contributed by atoms with Crippen LogP contribution in [0.5, 0.6) is 11.5 Å². The highest BCUT2D eigenvalue weighted by molar-refractivity contribution is 6.33. The molecule has 1 aromatic carbocycles. The molecule has 0 aliphatic carbocycles. The van der Waals surface area contributed by atoms with Crippen molar-refractivity contribution < 1.29 is 23.0 Å². The molecular formula is C13H8ClF2N3O3. The van der Waals surface area contributed by atoms with Crippen LogP contribution in [-0.2, 0) is 4.79 Å². The highest BCUT2D eigenvalue weighted by Crippen LogP contribution is 2.45. The lowest BCUT2D eigenvalue weighted by Crippen LogP contribution is -2.25. The molecular weight excluding hydrogens is 320 g/mol. The maximum atomic E-state index is 13.0. The van der Waals surface area contributed by atoms with Crippen LogP contribution in [0.2, 0.25) is 5.02 Å². The Morgan fingerprint density at radius 1 is 1.23 bits per heavy atom. The number of anilines is 1. The summed E-state index contributed by atoms with van der Waals surface area (Å²) in [6, 6.07) is 2.51. The van der Waals surface area contributed by atoms with Crippen LogP contribution in [0.1, 0.15) is 6.92 Å². The predicted molar refractivity (Wildman–Crippen MR) is 73.0 cm³/mol. The molecule has 9 heteroatoms. The number of nitrogens with zero attached hydrogens (tertiary/aromatic N) is 2. The summed E-state index contributed by atoms with van der Waals surface area (Å²) in [5, 5.41) is 2.62. The van der Waals surface area contributed by atoms with E-state index in [-0.39, 0.29) is 28.2 Å². The Morgan fingerprint density at radius 2 is 1.91 bits per heavy atom. The monoisotopic (exact) mass is 327 g/mol. The summed E-state index contributed by atoms with van der Waals surface area (Å²) in [4.78, 5) is 19.0. The van der Waals surface area contributed by atoms with Crippen LogP contribution in [0.4, 0.5) is 14.6 Å². The molecule has 0 unspecified atom stereocenters. The highest BCUT2D eigenvalue weighted by atomic mass is 35.5. The van der Waals surface area contributed by atoms with Gasteiger partial charge in [0.1, 0.15) is 0 Å². The van der Waals surface area contributed by atoms with E-state index in [0.29, 0.717) is 11.3 Å². The van der Waals surface area contributed by atoms with Crippen LogP contribution in [0.3, 0.4) is 0 Å². The molecule has 6 nitrogen and oxygen atoms in total. The Hall–Kier alpha value is -2.48. The lowest BCUT2D eigenvalue weighted by molar-refractivity contribution is -0.286. The van der Waals surface area contributed by atoms with Crippen molar-refractivity contribution in [3.63, 3.8) is 0 Å². The van der Waals surface area contributed by atoms with E-state index < -0.39 is 6.29 Å². The molecule has 2 aromatic rings. The minimum Gasteiger partial charge on any atom is -0.395 e. The van der Waals surface area contributed by atoms with Gasteiger partial charge in [-0.2, -0.15) is 0 Å². The molecule has 1 aromatic heterocycles. The summed E-state index contributed by atoms with van der Waals surface area (Å²) in [5.41, 5.74) is 0.685. The number of alkyl halides is 2. The number of benzene rings is 1. The largest absolute Gasteiger partial charge is 0.586 e. The first-order valence-corrected chi connectivity index (χ1v) is 6.41. The van der Waals surface area contributed by atoms with Gasteiger partial charge in [-0.3, -0.25) is 9.78 Å². The summed E-state index contributed by atoms with van der Waals surface area (Å²) in [6.45, 7) is 1.34. The molecule has 0 saturated heterocycles. The third-order valence-corrected chi connectivity index (χ3v) is 3.04. The van der Waals surface area contributed by atoms with Gasteiger partial charge in [-0.15, -0.1) is 8.78 Å². The second-order valence-corrected chi connectivity index (χ2v) is 4.82. The second-order valence-electron chi connectivity index (χ2n) is 4.41. The minimum absolute atomic E-state index is 0.142. The van der Waals surface area contributed by atoms with Crippen molar-refractivity contribution in [1.29, 1.82) is 0 Å². The average Bonchev–Trinajstić information content (AvgIpc) is 2.71. The van der Waals surface area contributed by atoms with Gasteiger partial charge in [-0.05, 0) is 6.07 Å². The van der Waals surface area contributed by atoms with Crippen molar-refractivity contribution in [2.45, 2.75) is 13.2 Å². The Morgan fingerprint density at radius 3 is 2.50 bits per heavy atom. The molecule has 1 N–H and O–H groups in total. The number of aromatic nitrogens is 2. The lowest BCUT2D eigenvalue weighted by atomic mass is 10.1. The Labute approximate surface area is 128 Å². The van der Waals surface area contributed by atoms with Crippen LogP contribution >= 0.6 is 11.6 Å². The van der Waals surface area contributed by atoms with Gasteiger partial charge >= 0.3 is 6.29 Å². The molecule has 0 saturated carbocycles. The fraction of sp³-hybridized carbons (Fsp3) is 0.154. The number of carbonyl (C=O) groups is 1. The summed E-state index contributed by atoms with van der Waals surface area (Å²) >= 11 is 6.04. The normalized spacial score (nSPS) is 14.7. The lowest BCUT2D eigenvalue weighted by Gasteiger charge is -2.06. The van der Waals surface area contributed by atoms with Crippen molar-refractivity contribution in [3.8, 4) is 22.8 Å². The van der Waals surface area contributed by atoms with E-state index in [1.807, 2.05) is 0 Å². The van der Waals surface area contributed by atoms with Crippen LogP contribution in [0, 0.1) is 0 Å². The minimum atomic E-state index is -3.72. The molecule has 3 rings (SSSR count). The zero-order valence-electron chi connectivity index (χ0n) is 11.1. The molecule has 1 aliphatic heterocycles. The number of hydrogen-bond donors (Lipinski definition) is 1. The van der Waals surface area contributed by atoms with Crippen LogP contribution < -0.4 is 14.8 Å². The third-order valence-electron chi connectivity index (χ3n) is 2.72. The van der Waals surface area contributed by atoms with E-state index in [2.05, 4.69) is 24.8 Å². The summed E-state index contributed by atoms with van der Waals surface area (Å²) in [5.74, 6) is -0.316. The summed E-state index contributed by atoms with van der Waals surface area (Å²) in [6.07, 6.45) is -1.04. The van der Waals surface area contributed by atoms with Crippen molar-refractivity contribution in [3.05, 3.63) is 29.5 Å². The molecule has 1 amide bonds. The van der Waals surface area contributed by atoms with Gasteiger partial charge in [0.2, 0.25) is 5.91 Å². The number of hydrogen-bond acceptors (Lipinski definition) is 5. The van der Waals surface area contributed by atoms with Gasteiger partial charge in [0, 0.05) is 18.6 Å². The van der Waals surface area contributed by atoms with Crippen LogP contribution in [0.25, 0.3) is 11.3 Å². The topological polar surface area (TPSA) is 73.3 Å². The maximum Gasteiger partial charge on any atom is 0.586 e. The SMILES string of the molecule is CC(=O)Nc1cnc(-c2cc3c(cc2Cl)OC(F)(F)O3)cn1. The van der Waals surface area contributed by atoms with Gasteiger partial charge in [0.15, 0.2) is 17.3 Å².